The minimum atomic E-state index is -1.61. The van der Waals surface area contributed by atoms with Crippen molar-refractivity contribution in [3.05, 3.63) is 0 Å². The quantitative estimate of drug-likeness (QED) is 0.396. The fourth-order valence-electron chi connectivity index (χ4n) is 0.966. The molecule has 0 radical (unpaired) electrons. The average Bonchev–Trinajstić information content (AvgIpc) is 2.12. The van der Waals surface area contributed by atoms with Gasteiger partial charge in [0.15, 0.2) is 5.78 Å². The number of ketones is 1. The minimum absolute atomic E-state index is 0.263. The van der Waals surface area contributed by atoms with Crippen molar-refractivity contribution in [3.8, 4) is 0 Å². The van der Waals surface area contributed by atoms with Gasteiger partial charge >= 0.3 is 5.97 Å². The van der Waals surface area contributed by atoms with Crippen LogP contribution in [-0.2, 0) is 24.1 Å². The van der Waals surface area contributed by atoms with Gasteiger partial charge in [-0.25, -0.2) is 4.79 Å². The predicted molar refractivity (Wildman–Crippen MR) is 57.6 cm³/mol. The van der Waals surface area contributed by atoms with Crippen molar-refractivity contribution < 1.29 is 24.1 Å². The molecule has 0 bridgehead atoms. The van der Waals surface area contributed by atoms with Crippen molar-refractivity contribution in [2.24, 2.45) is 0 Å². The molecule has 0 aromatic carbocycles. The zero-order chi connectivity index (χ0) is 12.9. The Labute approximate surface area is 96.0 Å². The molecule has 94 valence electrons. The van der Waals surface area contributed by atoms with Gasteiger partial charge in [-0.1, -0.05) is 0 Å². The second kappa shape index (κ2) is 5.96. The lowest BCUT2D eigenvalue weighted by Gasteiger charge is -2.26. The summed E-state index contributed by atoms with van der Waals surface area (Å²) in [6, 6.07) is 0. The van der Waals surface area contributed by atoms with E-state index in [0.29, 0.717) is 0 Å². The maximum Gasteiger partial charge on any atom is 0.381 e. The van der Waals surface area contributed by atoms with E-state index in [1.165, 1.54) is 13.8 Å². The van der Waals surface area contributed by atoms with Crippen LogP contribution in [-0.4, -0.2) is 29.6 Å². The Morgan fingerprint density at radius 2 is 1.56 bits per heavy atom. The smallest absolute Gasteiger partial charge is 0.354 e. The summed E-state index contributed by atoms with van der Waals surface area (Å²) in [6.45, 7) is 9.54. The fraction of sp³-hybridized carbons (Fsp3) is 0.818. The van der Waals surface area contributed by atoms with Crippen molar-refractivity contribution in [1.82, 2.24) is 0 Å². The van der Waals surface area contributed by atoms with Crippen molar-refractivity contribution in [2.75, 3.05) is 0 Å². The Kier molecular flexibility index (Phi) is 5.61. The van der Waals surface area contributed by atoms with Gasteiger partial charge in [-0.05, 0) is 41.5 Å². The van der Waals surface area contributed by atoms with Gasteiger partial charge in [0, 0.05) is 0 Å². The first-order valence-corrected chi connectivity index (χ1v) is 5.26. The Hall–Kier alpha value is -0.940. The van der Waals surface area contributed by atoms with Crippen LogP contribution < -0.4 is 0 Å². The molecule has 0 heterocycles. The highest BCUT2D eigenvalue weighted by Crippen LogP contribution is 2.17. The van der Waals surface area contributed by atoms with Crippen LogP contribution in [0.25, 0.3) is 0 Å². The van der Waals surface area contributed by atoms with Crippen LogP contribution in [0.5, 0.6) is 0 Å². The highest BCUT2D eigenvalue weighted by molar-refractivity contribution is 6.05. The number of Topliss-reactive ketones (excluding diaryl/α,β-unsaturated/α-hetero) is 1. The summed E-state index contributed by atoms with van der Waals surface area (Å²) >= 11 is 0. The molecule has 0 aliphatic heterocycles. The molecule has 0 amide bonds. The molecule has 5 heteroatoms. The first-order valence-electron chi connectivity index (χ1n) is 5.26. The van der Waals surface area contributed by atoms with Crippen LogP contribution in [0.4, 0.5) is 0 Å². The molecule has 0 spiro atoms. The molecule has 0 saturated carbocycles. The lowest BCUT2D eigenvalue weighted by Crippen LogP contribution is -2.48. The van der Waals surface area contributed by atoms with E-state index in [-0.39, 0.29) is 12.2 Å². The zero-order valence-electron chi connectivity index (χ0n) is 10.7. The van der Waals surface area contributed by atoms with Gasteiger partial charge in [-0.15, -0.1) is 0 Å². The van der Waals surface area contributed by atoms with E-state index in [0.717, 1.165) is 0 Å². The predicted octanol–water partition coefficient (Wildman–Crippen LogP) is 1.64. The Morgan fingerprint density at radius 1 is 1.06 bits per heavy atom. The van der Waals surface area contributed by atoms with E-state index in [1.807, 2.05) is 0 Å². The summed E-state index contributed by atoms with van der Waals surface area (Å²) in [5.41, 5.74) is -1.61. The second-order valence-corrected chi connectivity index (χ2v) is 4.27. The molecule has 0 aromatic heterocycles. The third-order valence-corrected chi connectivity index (χ3v) is 1.85. The third kappa shape index (κ3) is 4.28. The largest absolute Gasteiger partial charge is 0.381 e. The van der Waals surface area contributed by atoms with Crippen LogP contribution in [0.3, 0.4) is 0 Å². The van der Waals surface area contributed by atoms with Crippen molar-refractivity contribution >= 4 is 11.8 Å². The van der Waals surface area contributed by atoms with Crippen molar-refractivity contribution in [2.45, 2.75) is 59.4 Å². The normalized spacial score (nSPS) is 15.0. The molecule has 0 rings (SSSR count). The van der Waals surface area contributed by atoms with Gasteiger partial charge in [0.25, 0.3) is 0 Å². The highest BCUT2D eigenvalue weighted by atomic mass is 17.2. The van der Waals surface area contributed by atoms with E-state index >= 15 is 0 Å². The van der Waals surface area contributed by atoms with E-state index in [9.17, 15) is 9.59 Å². The van der Waals surface area contributed by atoms with Gasteiger partial charge in [-0.2, -0.15) is 4.89 Å². The first-order chi connectivity index (χ1) is 7.20. The van der Waals surface area contributed by atoms with Crippen LogP contribution >= 0.6 is 0 Å². The number of carbonyl (C=O) groups excluding carboxylic acids is 2. The molecule has 0 fully saturated rings. The summed E-state index contributed by atoms with van der Waals surface area (Å²) in [4.78, 5) is 32.3. The van der Waals surface area contributed by atoms with Crippen LogP contribution in [0, 0.1) is 0 Å². The molecule has 5 nitrogen and oxygen atoms in total. The average molecular weight is 232 g/mol. The Bertz CT molecular complexity index is 259. The van der Waals surface area contributed by atoms with Gasteiger partial charge < -0.3 is 4.74 Å². The highest BCUT2D eigenvalue weighted by Gasteiger charge is 2.43. The molecule has 0 saturated heterocycles. The number of rotatable bonds is 6. The number of ether oxygens (including phenoxy) is 1. The minimum Gasteiger partial charge on any atom is -0.354 e. The van der Waals surface area contributed by atoms with Crippen molar-refractivity contribution in [1.29, 1.82) is 0 Å². The molecule has 0 aliphatic carbocycles. The summed E-state index contributed by atoms with van der Waals surface area (Å²) < 4.78 is 5.29. The molecule has 16 heavy (non-hydrogen) atoms. The lowest BCUT2D eigenvalue weighted by molar-refractivity contribution is -0.303. The van der Waals surface area contributed by atoms with E-state index in [4.69, 9.17) is 9.62 Å². The molecule has 0 aromatic rings. The van der Waals surface area contributed by atoms with Gasteiger partial charge in [-0.3, -0.25) is 9.68 Å². The molecule has 0 aliphatic rings. The molecular formula is C11H20O5. The monoisotopic (exact) mass is 232 g/mol. The van der Waals surface area contributed by atoms with Gasteiger partial charge in [0.2, 0.25) is 5.60 Å². The van der Waals surface area contributed by atoms with E-state index < -0.39 is 17.4 Å². The maximum absolute atomic E-state index is 11.7. The van der Waals surface area contributed by atoms with Crippen LogP contribution in [0.2, 0.25) is 0 Å². The Balaban J connectivity index is 4.64. The standard InChI is InChI=1S/C11H20O5/c1-7(2)14-11(6,9(5)12)10(13)16-15-8(3)4/h7-8H,1-6H3. The summed E-state index contributed by atoms with van der Waals surface area (Å²) in [5.74, 6) is -1.25. The SMILES string of the molecule is CC(=O)C(C)(OC(C)C)C(=O)OOC(C)C. The molecule has 0 N–H and O–H groups in total. The Morgan fingerprint density at radius 3 is 1.88 bits per heavy atom. The number of carbonyl (C=O) groups is 2. The van der Waals surface area contributed by atoms with Gasteiger partial charge in [0.1, 0.15) is 0 Å². The van der Waals surface area contributed by atoms with Crippen LogP contribution in [0.15, 0.2) is 0 Å². The first kappa shape index (κ1) is 15.1. The third-order valence-electron chi connectivity index (χ3n) is 1.85. The maximum atomic E-state index is 11.7. The number of hydrogen-bond acceptors (Lipinski definition) is 5. The molecule has 1 atom stereocenters. The fourth-order valence-corrected chi connectivity index (χ4v) is 0.966. The van der Waals surface area contributed by atoms with E-state index in [1.54, 1.807) is 27.7 Å². The van der Waals surface area contributed by atoms with Crippen molar-refractivity contribution in [3.63, 3.8) is 0 Å². The number of hydrogen-bond donors (Lipinski definition) is 0. The molecule has 1 unspecified atom stereocenters. The molecular weight excluding hydrogens is 212 g/mol. The summed E-state index contributed by atoms with van der Waals surface area (Å²) in [7, 11) is 0. The van der Waals surface area contributed by atoms with Crippen LogP contribution in [0.1, 0.15) is 41.5 Å². The second-order valence-electron chi connectivity index (χ2n) is 4.27. The zero-order valence-corrected chi connectivity index (χ0v) is 10.7. The van der Waals surface area contributed by atoms with Gasteiger partial charge in [0.05, 0.1) is 12.2 Å². The van der Waals surface area contributed by atoms with E-state index in [2.05, 4.69) is 4.89 Å². The lowest BCUT2D eigenvalue weighted by atomic mass is 10.0. The summed E-state index contributed by atoms with van der Waals surface area (Å²) in [6.07, 6.45) is -0.528. The summed E-state index contributed by atoms with van der Waals surface area (Å²) in [5, 5.41) is 0. The topological polar surface area (TPSA) is 61.8 Å².